The van der Waals surface area contributed by atoms with Gasteiger partial charge in [-0.1, -0.05) is 42.5 Å². The summed E-state index contributed by atoms with van der Waals surface area (Å²) in [6.07, 6.45) is -4.48. The number of carbonyl (C=O) groups excluding carboxylic acids is 1. The number of hydrogen-bond donors (Lipinski definition) is 0. The average Bonchev–Trinajstić information content (AvgIpc) is 2.99. The van der Waals surface area contributed by atoms with Gasteiger partial charge in [0.05, 0.1) is 16.8 Å². The first-order valence-corrected chi connectivity index (χ1v) is 9.42. The predicted octanol–water partition coefficient (Wildman–Crippen LogP) is 5.78. The molecule has 2 aromatic carbocycles. The summed E-state index contributed by atoms with van der Waals surface area (Å²) in [6, 6.07) is 16.7. The molecule has 29 heavy (non-hydrogen) atoms. The Kier molecular flexibility index (Phi) is 5.82. The Labute approximate surface area is 168 Å². The number of aryl methyl sites for hydroxylation is 1. The number of amides is 1. The third-order valence-electron chi connectivity index (χ3n) is 5.00. The van der Waals surface area contributed by atoms with Crippen LogP contribution in [-0.4, -0.2) is 21.9 Å². The molecular formula is C23H23F3N2O. The molecule has 0 saturated carbocycles. The molecule has 0 aliphatic rings. The molecule has 0 aliphatic carbocycles. The molecule has 3 rings (SSSR count). The summed E-state index contributed by atoms with van der Waals surface area (Å²) < 4.78 is 42.0. The zero-order valence-corrected chi connectivity index (χ0v) is 16.6. The van der Waals surface area contributed by atoms with Gasteiger partial charge in [-0.05, 0) is 44.5 Å². The maximum atomic E-state index is 13.5. The van der Waals surface area contributed by atoms with Gasteiger partial charge < -0.3 is 9.47 Å². The molecule has 0 saturated heterocycles. The minimum atomic E-state index is -4.48. The lowest BCUT2D eigenvalue weighted by Crippen LogP contribution is -2.30. The Morgan fingerprint density at radius 2 is 1.62 bits per heavy atom. The van der Waals surface area contributed by atoms with E-state index in [1.165, 1.54) is 16.7 Å². The Bertz CT molecular complexity index is 1010. The highest BCUT2D eigenvalue weighted by atomic mass is 19.4. The van der Waals surface area contributed by atoms with E-state index in [0.29, 0.717) is 30.0 Å². The fraction of sp³-hybridized carbons (Fsp3) is 0.261. The summed E-state index contributed by atoms with van der Waals surface area (Å²) in [5.74, 6) is -0.194. The van der Waals surface area contributed by atoms with Crippen molar-refractivity contribution >= 4 is 5.91 Å². The van der Waals surface area contributed by atoms with Crippen molar-refractivity contribution in [1.29, 1.82) is 0 Å². The highest BCUT2D eigenvalue weighted by Crippen LogP contribution is 2.35. The summed E-state index contributed by atoms with van der Waals surface area (Å²) in [6.45, 7) is 6.22. The number of carbonyl (C=O) groups is 1. The molecule has 152 valence electrons. The molecule has 0 radical (unpaired) electrons. The number of nitrogens with zero attached hydrogens (tertiary/aromatic N) is 2. The Morgan fingerprint density at radius 3 is 2.24 bits per heavy atom. The van der Waals surface area contributed by atoms with Crippen molar-refractivity contribution in [2.45, 2.75) is 33.5 Å². The van der Waals surface area contributed by atoms with Crippen LogP contribution in [0.2, 0.25) is 0 Å². The Balaban J connectivity index is 2.01. The fourth-order valence-corrected chi connectivity index (χ4v) is 3.56. The van der Waals surface area contributed by atoms with Crippen LogP contribution in [0, 0.1) is 13.8 Å². The van der Waals surface area contributed by atoms with Gasteiger partial charge in [0, 0.05) is 24.5 Å². The van der Waals surface area contributed by atoms with E-state index in [2.05, 4.69) is 0 Å². The summed E-state index contributed by atoms with van der Waals surface area (Å²) in [5, 5.41) is 0. The second-order valence-electron chi connectivity index (χ2n) is 6.94. The zero-order valence-electron chi connectivity index (χ0n) is 16.6. The lowest BCUT2D eigenvalue weighted by atomic mass is 10.1. The molecule has 6 heteroatoms. The van der Waals surface area contributed by atoms with Gasteiger partial charge in [-0.25, -0.2) is 0 Å². The molecule has 1 amide bonds. The summed E-state index contributed by atoms with van der Waals surface area (Å²) in [5.41, 5.74) is 1.79. The Hall–Kier alpha value is -3.02. The van der Waals surface area contributed by atoms with Crippen LogP contribution in [0.1, 0.15) is 39.8 Å². The first kappa shape index (κ1) is 20.7. The van der Waals surface area contributed by atoms with Crippen LogP contribution in [0.25, 0.3) is 5.69 Å². The maximum absolute atomic E-state index is 13.5. The van der Waals surface area contributed by atoms with E-state index < -0.39 is 11.7 Å². The molecule has 3 aromatic rings. The van der Waals surface area contributed by atoms with Crippen LogP contribution in [-0.2, 0) is 12.7 Å². The van der Waals surface area contributed by atoms with Crippen LogP contribution in [0.4, 0.5) is 13.2 Å². The van der Waals surface area contributed by atoms with Crippen LogP contribution in [0.3, 0.4) is 0 Å². The minimum absolute atomic E-state index is 0.0279. The monoisotopic (exact) mass is 400 g/mol. The first-order chi connectivity index (χ1) is 13.7. The van der Waals surface area contributed by atoms with Crippen molar-refractivity contribution in [2.24, 2.45) is 0 Å². The van der Waals surface area contributed by atoms with Crippen molar-refractivity contribution in [3.05, 3.63) is 88.7 Å². The number of rotatable bonds is 5. The zero-order chi connectivity index (χ0) is 21.2. The normalized spacial score (nSPS) is 11.5. The van der Waals surface area contributed by atoms with E-state index in [-0.39, 0.29) is 11.6 Å². The smallest absolute Gasteiger partial charge is 0.335 e. The number of benzene rings is 2. The molecule has 1 heterocycles. The van der Waals surface area contributed by atoms with Crippen LogP contribution >= 0.6 is 0 Å². The maximum Gasteiger partial charge on any atom is 0.418 e. The number of aromatic nitrogens is 1. The minimum Gasteiger partial charge on any atom is -0.335 e. The van der Waals surface area contributed by atoms with Gasteiger partial charge in [-0.15, -0.1) is 0 Å². The number of halogens is 3. The molecular weight excluding hydrogens is 377 g/mol. The molecule has 0 spiro atoms. The summed E-state index contributed by atoms with van der Waals surface area (Å²) in [4.78, 5) is 14.9. The van der Waals surface area contributed by atoms with E-state index in [1.807, 2.05) is 37.3 Å². The predicted molar refractivity (Wildman–Crippen MR) is 107 cm³/mol. The first-order valence-electron chi connectivity index (χ1n) is 9.42. The number of para-hydroxylation sites is 1. The Morgan fingerprint density at radius 1 is 1.00 bits per heavy atom. The highest BCUT2D eigenvalue weighted by molar-refractivity contribution is 5.96. The second kappa shape index (κ2) is 8.15. The van der Waals surface area contributed by atoms with Gasteiger partial charge in [0.25, 0.3) is 5.91 Å². The fourth-order valence-electron chi connectivity index (χ4n) is 3.56. The molecule has 0 bridgehead atoms. The molecule has 3 nitrogen and oxygen atoms in total. The van der Waals surface area contributed by atoms with Gasteiger partial charge >= 0.3 is 6.18 Å². The van der Waals surface area contributed by atoms with Gasteiger partial charge in [0.1, 0.15) is 0 Å². The van der Waals surface area contributed by atoms with Gasteiger partial charge in [0.15, 0.2) is 0 Å². The summed E-state index contributed by atoms with van der Waals surface area (Å²) in [7, 11) is 0. The largest absolute Gasteiger partial charge is 0.418 e. The SMILES string of the molecule is CCN(Cc1ccccc1)C(=O)c1cc(C)n(-c2ccccc2C(F)(F)F)c1C. The van der Waals surface area contributed by atoms with Crippen molar-refractivity contribution in [2.75, 3.05) is 6.54 Å². The standard InChI is InChI=1S/C23H23F3N2O/c1-4-27(15-18-10-6-5-7-11-18)22(29)19-14-16(2)28(17(19)3)21-13-9-8-12-20(21)23(24,25)26/h5-14H,4,15H2,1-3H3. The lowest BCUT2D eigenvalue weighted by molar-refractivity contribution is -0.137. The van der Waals surface area contributed by atoms with Crippen molar-refractivity contribution in [3.8, 4) is 5.69 Å². The van der Waals surface area contributed by atoms with Crippen molar-refractivity contribution in [3.63, 3.8) is 0 Å². The molecule has 1 aromatic heterocycles. The van der Waals surface area contributed by atoms with E-state index >= 15 is 0 Å². The molecule has 0 atom stereocenters. The van der Waals surface area contributed by atoms with E-state index in [9.17, 15) is 18.0 Å². The number of alkyl halides is 3. The van der Waals surface area contributed by atoms with Crippen LogP contribution in [0.5, 0.6) is 0 Å². The molecule has 0 unspecified atom stereocenters. The third kappa shape index (κ3) is 4.21. The molecule has 0 aliphatic heterocycles. The van der Waals surface area contributed by atoms with Gasteiger partial charge in [-0.2, -0.15) is 13.2 Å². The average molecular weight is 400 g/mol. The summed E-state index contributed by atoms with van der Waals surface area (Å²) >= 11 is 0. The van der Waals surface area contributed by atoms with E-state index in [1.54, 1.807) is 30.9 Å². The van der Waals surface area contributed by atoms with E-state index in [0.717, 1.165) is 11.6 Å². The topological polar surface area (TPSA) is 25.2 Å². The highest BCUT2D eigenvalue weighted by Gasteiger charge is 2.34. The number of hydrogen-bond acceptors (Lipinski definition) is 1. The van der Waals surface area contributed by atoms with E-state index in [4.69, 9.17) is 0 Å². The van der Waals surface area contributed by atoms with Gasteiger partial charge in [0.2, 0.25) is 0 Å². The van der Waals surface area contributed by atoms with Crippen molar-refractivity contribution in [1.82, 2.24) is 9.47 Å². The quantitative estimate of drug-likeness (QED) is 0.533. The van der Waals surface area contributed by atoms with Crippen LogP contribution < -0.4 is 0 Å². The second-order valence-corrected chi connectivity index (χ2v) is 6.94. The third-order valence-corrected chi connectivity index (χ3v) is 5.00. The van der Waals surface area contributed by atoms with Gasteiger partial charge in [-0.3, -0.25) is 4.79 Å². The van der Waals surface area contributed by atoms with Crippen molar-refractivity contribution < 1.29 is 18.0 Å². The van der Waals surface area contributed by atoms with Crippen LogP contribution in [0.15, 0.2) is 60.7 Å². The lowest BCUT2D eigenvalue weighted by Gasteiger charge is -2.21. The molecule has 0 N–H and O–H groups in total. The molecule has 0 fully saturated rings.